The number of sulfonamides is 2. The Morgan fingerprint density at radius 3 is 2.00 bits per heavy atom. The first-order valence-corrected chi connectivity index (χ1v) is 11.7. The number of hydrogen-bond donors (Lipinski definition) is 0. The van der Waals surface area contributed by atoms with E-state index in [1.54, 1.807) is 0 Å². The van der Waals surface area contributed by atoms with Crippen molar-refractivity contribution in [3.63, 3.8) is 0 Å². The number of carbonyl (C=O) groups excluding carboxylic acids is 1. The van der Waals surface area contributed by atoms with Crippen LogP contribution in [0.4, 0.5) is 18.9 Å². The Bertz CT molecular complexity index is 871. The number of alkyl halides is 2. The Morgan fingerprint density at radius 2 is 1.57 bits per heavy atom. The molecule has 0 unspecified atom stereocenters. The van der Waals surface area contributed by atoms with Gasteiger partial charge in [0.1, 0.15) is 11.3 Å². The molecule has 160 valence electrons. The number of ether oxygens (including phenoxy) is 1. The molecule has 0 aliphatic rings. The third-order valence-electron chi connectivity index (χ3n) is 3.32. The first-order chi connectivity index (χ1) is 13.0. The first kappa shape index (κ1) is 24.5. The molecule has 0 saturated carbocycles. The van der Waals surface area contributed by atoms with E-state index in [0.29, 0.717) is 0 Å². The van der Waals surface area contributed by atoms with Gasteiger partial charge in [-0.15, -0.1) is 0 Å². The van der Waals surface area contributed by atoms with E-state index in [-0.39, 0.29) is 10.3 Å². The van der Waals surface area contributed by atoms with E-state index in [4.69, 9.17) is 11.6 Å². The highest BCUT2D eigenvalue weighted by Crippen LogP contribution is 2.33. The third-order valence-corrected chi connectivity index (χ3v) is 8.01. The van der Waals surface area contributed by atoms with Gasteiger partial charge in [-0.1, -0.05) is 11.6 Å². The van der Waals surface area contributed by atoms with Crippen LogP contribution in [0.25, 0.3) is 0 Å². The van der Waals surface area contributed by atoms with Crippen LogP contribution < -0.4 is 3.71 Å². The quantitative estimate of drug-likeness (QED) is 0.466. The lowest BCUT2D eigenvalue weighted by Crippen LogP contribution is -2.41. The van der Waals surface area contributed by atoms with E-state index in [9.17, 15) is 34.8 Å². The Labute approximate surface area is 166 Å². The predicted molar refractivity (Wildman–Crippen MR) is 98.6 cm³/mol. The zero-order valence-corrected chi connectivity index (χ0v) is 17.2. The van der Waals surface area contributed by atoms with E-state index in [0.717, 1.165) is 12.1 Å². The molecule has 0 aromatic heterocycles. The summed E-state index contributed by atoms with van der Waals surface area (Å²) >= 11 is 5.78. The van der Waals surface area contributed by atoms with Crippen molar-refractivity contribution < 1.29 is 39.5 Å². The molecular weight excluding hydrogens is 447 g/mol. The lowest BCUT2D eigenvalue weighted by molar-refractivity contribution is 0.0521. The van der Waals surface area contributed by atoms with Gasteiger partial charge in [0.2, 0.25) is 20.0 Å². The summed E-state index contributed by atoms with van der Waals surface area (Å²) in [5.74, 6) is -4.67. The molecule has 0 fully saturated rings. The molecule has 0 aliphatic carbocycles. The summed E-state index contributed by atoms with van der Waals surface area (Å²) in [6, 6.07) is 1.68. The smallest absolute Gasteiger partial charge is 0.342 e. The second-order valence-corrected chi connectivity index (χ2v) is 9.90. The minimum Gasteiger partial charge on any atom is -0.462 e. The van der Waals surface area contributed by atoms with Crippen LogP contribution in [-0.4, -0.2) is 54.3 Å². The Hall–Kier alpha value is -1.53. The summed E-state index contributed by atoms with van der Waals surface area (Å²) in [5, 5.41) is -0.429. The summed E-state index contributed by atoms with van der Waals surface area (Å²) < 4.78 is 94.3. The van der Waals surface area contributed by atoms with Gasteiger partial charge >= 0.3 is 5.97 Å². The molecule has 1 rings (SSSR count). The van der Waals surface area contributed by atoms with Crippen molar-refractivity contribution in [2.45, 2.75) is 19.8 Å². The molecule has 0 atom stereocenters. The Morgan fingerprint density at radius 1 is 1.07 bits per heavy atom. The average Bonchev–Trinajstić information content (AvgIpc) is 2.60. The normalized spacial score (nSPS) is 12.0. The zero-order valence-electron chi connectivity index (χ0n) is 14.8. The summed E-state index contributed by atoms with van der Waals surface area (Å²) in [4.78, 5) is 11.9. The van der Waals surface area contributed by atoms with Crippen molar-refractivity contribution in [1.29, 1.82) is 0 Å². The second kappa shape index (κ2) is 10.3. The second-order valence-electron chi connectivity index (χ2n) is 5.39. The lowest BCUT2D eigenvalue weighted by Gasteiger charge is -2.25. The van der Waals surface area contributed by atoms with Crippen molar-refractivity contribution in [3.8, 4) is 0 Å². The molecular formula is C15H19ClF3NO6S2. The molecule has 0 spiro atoms. The number of esters is 1. The molecule has 13 heteroatoms. The fourth-order valence-electron chi connectivity index (χ4n) is 2.19. The molecule has 7 nitrogen and oxygen atoms in total. The summed E-state index contributed by atoms with van der Waals surface area (Å²) in [6.45, 7) is -0.835. The molecule has 0 aliphatic heterocycles. The highest BCUT2D eigenvalue weighted by Gasteiger charge is 2.37. The maximum Gasteiger partial charge on any atom is 0.342 e. The monoisotopic (exact) mass is 465 g/mol. The van der Waals surface area contributed by atoms with Crippen LogP contribution in [0.15, 0.2) is 12.1 Å². The molecule has 1 aromatic carbocycles. The summed E-state index contributed by atoms with van der Waals surface area (Å²) in [6.07, 6.45) is -1.09. The molecule has 0 radical (unpaired) electrons. The van der Waals surface area contributed by atoms with Crippen molar-refractivity contribution >= 4 is 43.3 Å². The molecule has 0 N–H and O–H groups in total. The molecule has 0 heterocycles. The van der Waals surface area contributed by atoms with E-state index >= 15 is 0 Å². The van der Waals surface area contributed by atoms with Gasteiger partial charge < -0.3 is 4.74 Å². The number of benzene rings is 1. The van der Waals surface area contributed by atoms with Crippen molar-refractivity contribution in [2.24, 2.45) is 0 Å². The standard InChI is InChI=1S/C15H19ClF3NO6S2/c1-2-26-15(21)13-11(16)5-6-12(14(13)19)20(27(22,23)9-3-7-17)28(24,25)10-4-8-18/h5-6H,2-4,7-10H2,1H3. The number of nitrogens with zero attached hydrogens (tertiary/aromatic N) is 1. The maximum absolute atomic E-state index is 15.0. The highest BCUT2D eigenvalue weighted by atomic mass is 35.5. The van der Waals surface area contributed by atoms with Crippen molar-refractivity contribution in [3.05, 3.63) is 28.5 Å². The van der Waals surface area contributed by atoms with Gasteiger partial charge in [0.25, 0.3) is 0 Å². The zero-order chi connectivity index (χ0) is 21.5. The van der Waals surface area contributed by atoms with Crippen LogP contribution >= 0.6 is 11.6 Å². The summed E-state index contributed by atoms with van der Waals surface area (Å²) in [7, 11) is -9.54. The van der Waals surface area contributed by atoms with E-state index in [1.165, 1.54) is 6.92 Å². The van der Waals surface area contributed by atoms with Gasteiger partial charge in [0, 0.05) is 0 Å². The first-order valence-electron chi connectivity index (χ1n) is 8.06. The van der Waals surface area contributed by atoms with Gasteiger partial charge in [0.05, 0.1) is 36.5 Å². The van der Waals surface area contributed by atoms with E-state index in [1.807, 2.05) is 0 Å². The highest BCUT2D eigenvalue weighted by molar-refractivity contribution is 8.10. The third kappa shape index (κ3) is 5.74. The number of anilines is 1. The fraction of sp³-hybridized carbons (Fsp3) is 0.533. The molecule has 28 heavy (non-hydrogen) atoms. The summed E-state index contributed by atoms with van der Waals surface area (Å²) in [5.41, 5.74) is -1.86. The Kier molecular flexibility index (Phi) is 9.02. The number of carbonyl (C=O) groups is 1. The maximum atomic E-state index is 15.0. The Balaban J connectivity index is 3.68. The number of halogens is 4. The molecule has 0 saturated heterocycles. The molecule has 0 amide bonds. The van der Waals surface area contributed by atoms with E-state index < -0.39 is 85.8 Å². The SMILES string of the molecule is CCOC(=O)c1c(Cl)ccc(N(S(=O)(=O)CCCF)S(=O)(=O)CCCF)c1F. The topological polar surface area (TPSA) is 97.8 Å². The fourth-order valence-corrected chi connectivity index (χ4v) is 6.40. The van der Waals surface area contributed by atoms with Crippen molar-refractivity contribution in [2.75, 3.05) is 35.2 Å². The van der Waals surface area contributed by atoms with Crippen LogP contribution in [0.2, 0.25) is 5.02 Å². The largest absolute Gasteiger partial charge is 0.462 e. The van der Waals surface area contributed by atoms with Crippen molar-refractivity contribution in [1.82, 2.24) is 0 Å². The lowest BCUT2D eigenvalue weighted by atomic mass is 10.2. The number of hydrogen-bond acceptors (Lipinski definition) is 6. The van der Waals surface area contributed by atoms with Gasteiger partial charge in [0.15, 0.2) is 5.82 Å². The van der Waals surface area contributed by atoms with Gasteiger partial charge in [-0.25, -0.2) is 26.0 Å². The predicted octanol–water partition coefficient (Wildman–Crippen LogP) is 2.84. The molecule has 0 bridgehead atoms. The number of rotatable bonds is 11. The van der Waals surface area contributed by atoms with Gasteiger partial charge in [-0.3, -0.25) is 8.78 Å². The van der Waals surface area contributed by atoms with E-state index in [2.05, 4.69) is 4.74 Å². The minimum atomic E-state index is -4.77. The van der Waals surface area contributed by atoms with Gasteiger partial charge in [-0.2, -0.15) is 3.71 Å². The van der Waals surface area contributed by atoms with Gasteiger partial charge in [-0.05, 0) is 31.9 Å². The van der Waals surface area contributed by atoms with Crippen LogP contribution in [0.1, 0.15) is 30.1 Å². The minimum absolute atomic E-state index is 0.147. The molecule has 1 aromatic rings. The average molecular weight is 466 g/mol. The van der Waals surface area contributed by atoms with Crippen LogP contribution in [-0.2, 0) is 24.8 Å². The van der Waals surface area contributed by atoms with Crippen LogP contribution in [0.5, 0.6) is 0 Å². The van der Waals surface area contributed by atoms with Crippen LogP contribution in [0, 0.1) is 5.82 Å². The van der Waals surface area contributed by atoms with Crippen LogP contribution in [0.3, 0.4) is 0 Å².